The lowest BCUT2D eigenvalue weighted by Crippen LogP contribution is -2.01. The van der Waals surface area contributed by atoms with Crippen LogP contribution in [-0.2, 0) is 18.8 Å². The van der Waals surface area contributed by atoms with Crippen LogP contribution < -0.4 is 5.32 Å². The fraction of sp³-hybridized carbons (Fsp3) is 0.600. The van der Waals surface area contributed by atoms with Gasteiger partial charge in [0.05, 0.1) is 11.4 Å². The van der Waals surface area contributed by atoms with Gasteiger partial charge in [-0.2, -0.15) is 11.8 Å². The van der Waals surface area contributed by atoms with Crippen molar-refractivity contribution in [3.05, 3.63) is 23.3 Å². The van der Waals surface area contributed by atoms with Gasteiger partial charge in [0.1, 0.15) is 5.82 Å². The summed E-state index contributed by atoms with van der Waals surface area (Å²) in [5, 5.41) is 3.27. The summed E-state index contributed by atoms with van der Waals surface area (Å²) < 4.78 is 0. The molecule has 1 N–H and O–H groups in total. The molecule has 0 atom stereocenters. The maximum Gasteiger partial charge on any atom is 0.138 e. The minimum atomic E-state index is 0.906. The van der Waals surface area contributed by atoms with E-state index >= 15 is 0 Å². The van der Waals surface area contributed by atoms with Crippen LogP contribution in [-0.4, -0.2) is 15.7 Å². The molecular weight excluding hydrogens is 194 g/mol. The van der Waals surface area contributed by atoms with Crippen molar-refractivity contribution in [3.8, 4) is 0 Å². The van der Waals surface area contributed by atoms with Gasteiger partial charge in [0.25, 0.3) is 0 Å². The first-order valence-electron chi connectivity index (χ1n) is 5.02. The largest absolute Gasteiger partial charge is 0.307 e. The molecule has 0 unspecified atom stereocenters. The summed E-state index contributed by atoms with van der Waals surface area (Å²) in [6.45, 7) is 4.03. The molecule has 0 radical (unpaired) electrons. The summed E-state index contributed by atoms with van der Waals surface area (Å²) in [6, 6.07) is 0. The number of nitrogens with zero attached hydrogens (tertiary/aromatic N) is 2. The SMILES string of the molecule is CCCSCc1ncc2c(n1)CNC2. The molecule has 3 nitrogen and oxygen atoms in total. The zero-order chi connectivity index (χ0) is 9.80. The van der Waals surface area contributed by atoms with E-state index in [0.717, 1.165) is 24.7 Å². The Morgan fingerprint density at radius 2 is 2.43 bits per heavy atom. The minimum absolute atomic E-state index is 0.906. The average molecular weight is 209 g/mol. The van der Waals surface area contributed by atoms with Crippen LogP contribution in [0.25, 0.3) is 0 Å². The third-order valence-corrected chi connectivity index (χ3v) is 3.35. The molecule has 1 aromatic heterocycles. The Morgan fingerprint density at radius 1 is 1.50 bits per heavy atom. The lowest BCUT2D eigenvalue weighted by atomic mass is 10.3. The quantitative estimate of drug-likeness (QED) is 0.766. The topological polar surface area (TPSA) is 37.8 Å². The Balaban J connectivity index is 1.98. The number of thioether (sulfide) groups is 1. The van der Waals surface area contributed by atoms with Gasteiger partial charge >= 0.3 is 0 Å². The lowest BCUT2D eigenvalue weighted by Gasteiger charge is -2.01. The summed E-state index contributed by atoms with van der Waals surface area (Å²) in [5.41, 5.74) is 2.45. The summed E-state index contributed by atoms with van der Waals surface area (Å²) in [6.07, 6.45) is 3.18. The second kappa shape index (κ2) is 4.75. The molecule has 0 saturated heterocycles. The predicted molar refractivity (Wildman–Crippen MR) is 59.0 cm³/mol. The van der Waals surface area contributed by atoms with E-state index in [4.69, 9.17) is 0 Å². The summed E-state index contributed by atoms with van der Waals surface area (Å²) in [7, 11) is 0. The zero-order valence-corrected chi connectivity index (χ0v) is 9.23. The molecule has 0 aliphatic carbocycles. The van der Waals surface area contributed by atoms with Crippen LogP contribution >= 0.6 is 11.8 Å². The van der Waals surface area contributed by atoms with Crippen molar-refractivity contribution in [2.24, 2.45) is 0 Å². The van der Waals surface area contributed by atoms with Gasteiger partial charge in [0.15, 0.2) is 0 Å². The van der Waals surface area contributed by atoms with Gasteiger partial charge in [-0.15, -0.1) is 0 Å². The van der Waals surface area contributed by atoms with E-state index in [1.165, 1.54) is 23.4 Å². The lowest BCUT2D eigenvalue weighted by molar-refractivity contribution is 0.756. The second-order valence-corrected chi connectivity index (χ2v) is 4.52. The van der Waals surface area contributed by atoms with Crippen molar-refractivity contribution in [2.45, 2.75) is 32.2 Å². The number of nitrogens with one attached hydrogen (secondary N) is 1. The first kappa shape index (κ1) is 9.93. The number of hydrogen-bond donors (Lipinski definition) is 1. The van der Waals surface area contributed by atoms with Crippen LogP contribution in [0.15, 0.2) is 6.20 Å². The third kappa shape index (κ3) is 2.25. The molecule has 4 heteroatoms. The number of rotatable bonds is 4. The van der Waals surface area contributed by atoms with E-state index in [1.807, 2.05) is 18.0 Å². The van der Waals surface area contributed by atoms with Gasteiger partial charge in [-0.1, -0.05) is 6.92 Å². The van der Waals surface area contributed by atoms with Crippen LogP contribution in [0.5, 0.6) is 0 Å². The number of hydrogen-bond acceptors (Lipinski definition) is 4. The molecule has 0 aromatic carbocycles. The van der Waals surface area contributed by atoms with E-state index in [2.05, 4.69) is 22.2 Å². The van der Waals surface area contributed by atoms with Crippen LogP contribution in [0.3, 0.4) is 0 Å². The normalized spacial score (nSPS) is 14.4. The zero-order valence-electron chi connectivity index (χ0n) is 8.42. The third-order valence-electron chi connectivity index (χ3n) is 2.19. The van der Waals surface area contributed by atoms with Crippen molar-refractivity contribution >= 4 is 11.8 Å². The first-order valence-corrected chi connectivity index (χ1v) is 6.17. The molecule has 1 aliphatic heterocycles. The van der Waals surface area contributed by atoms with Crippen molar-refractivity contribution in [1.29, 1.82) is 0 Å². The van der Waals surface area contributed by atoms with E-state index < -0.39 is 0 Å². The van der Waals surface area contributed by atoms with Crippen LogP contribution in [0.4, 0.5) is 0 Å². The standard InChI is InChI=1S/C10H15N3S/c1-2-3-14-7-10-12-5-8-4-11-6-9(8)13-10/h5,11H,2-4,6-7H2,1H3. The highest BCUT2D eigenvalue weighted by Crippen LogP contribution is 2.14. The highest BCUT2D eigenvalue weighted by Gasteiger charge is 2.12. The van der Waals surface area contributed by atoms with Crippen molar-refractivity contribution in [3.63, 3.8) is 0 Å². The van der Waals surface area contributed by atoms with Gasteiger partial charge < -0.3 is 5.32 Å². The summed E-state index contributed by atoms with van der Waals surface area (Å²) >= 11 is 1.91. The van der Waals surface area contributed by atoms with Crippen molar-refractivity contribution < 1.29 is 0 Å². The van der Waals surface area contributed by atoms with Crippen LogP contribution in [0, 0.1) is 0 Å². The Kier molecular flexibility index (Phi) is 3.37. The van der Waals surface area contributed by atoms with Gasteiger partial charge in [-0.05, 0) is 12.2 Å². The maximum absolute atomic E-state index is 4.53. The van der Waals surface area contributed by atoms with Gasteiger partial charge in [-0.25, -0.2) is 9.97 Å². The Bertz CT molecular complexity index is 314. The molecule has 76 valence electrons. The molecule has 0 bridgehead atoms. The van der Waals surface area contributed by atoms with Crippen molar-refractivity contribution in [2.75, 3.05) is 5.75 Å². The highest BCUT2D eigenvalue weighted by atomic mass is 32.2. The Labute approximate surface area is 88.7 Å². The summed E-state index contributed by atoms with van der Waals surface area (Å²) in [5.74, 6) is 3.12. The van der Waals surface area contributed by atoms with Gasteiger partial charge in [0, 0.05) is 24.8 Å². The van der Waals surface area contributed by atoms with E-state index in [1.54, 1.807) is 0 Å². The van der Waals surface area contributed by atoms with Crippen LogP contribution in [0.2, 0.25) is 0 Å². The van der Waals surface area contributed by atoms with Gasteiger partial charge in [-0.3, -0.25) is 0 Å². The van der Waals surface area contributed by atoms with E-state index in [-0.39, 0.29) is 0 Å². The fourth-order valence-corrected chi connectivity index (χ4v) is 2.23. The fourth-order valence-electron chi connectivity index (χ4n) is 1.48. The Hall–Kier alpha value is -0.610. The molecule has 14 heavy (non-hydrogen) atoms. The molecule has 0 saturated carbocycles. The molecule has 0 amide bonds. The molecular formula is C10H15N3S. The molecule has 1 aliphatic rings. The number of aromatic nitrogens is 2. The molecule has 1 aromatic rings. The molecule has 2 heterocycles. The smallest absolute Gasteiger partial charge is 0.138 e. The highest BCUT2D eigenvalue weighted by molar-refractivity contribution is 7.98. The van der Waals surface area contributed by atoms with E-state index in [9.17, 15) is 0 Å². The van der Waals surface area contributed by atoms with Gasteiger partial charge in [0.2, 0.25) is 0 Å². The van der Waals surface area contributed by atoms with Crippen LogP contribution in [0.1, 0.15) is 30.4 Å². The predicted octanol–water partition coefficient (Wildman–Crippen LogP) is 1.72. The Morgan fingerprint density at radius 3 is 3.29 bits per heavy atom. The monoisotopic (exact) mass is 209 g/mol. The maximum atomic E-state index is 4.53. The molecule has 0 fully saturated rings. The second-order valence-electron chi connectivity index (χ2n) is 3.41. The van der Waals surface area contributed by atoms with Crippen molar-refractivity contribution in [1.82, 2.24) is 15.3 Å². The first-order chi connectivity index (χ1) is 6.90. The molecule has 0 spiro atoms. The van der Waals surface area contributed by atoms with E-state index in [0.29, 0.717) is 0 Å². The molecule has 2 rings (SSSR count). The average Bonchev–Trinajstić information content (AvgIpc) is 2.65. The number of fused-ring (bicyclic) bond motifs is 1. The summed E-state index contributed by atoms with van der Waals surface area (Å²) in [4.78, 5) is 8.88. The minimum Gasteiger partial charge on any atom is -0.307 e.